The summed E-state index contributed by atoms with van der Waals surface area (Å²) in [5.41, 5.74) is 13.4. The van der Waals surface area contributed by atoms with E-state index in [0.717, 1.165) is 87.8 Å². The van der Waals surface area contributed by atoms with Crippen molar-refractivity contribution in [1.29, 1.82) is 0 Å². The number of aromatic amines is 2. The van der Waals surface area contributed by atoms with Crippen molar-refractivity contribution >= 4 is 64.3 Å². The van der Waals surface area contributed by atoms with Crippen LogP contribution in [0.25, 0.3) is 10.9 Å². The lowest BCUT2D eigenvalue weighted by molar-refractivity contribution is -0.117. The second-order valence-corrected chi connectivity index (χ2v) is 26.7. The quantitative estimate of drug-likeness (QED) is 0.0193. The monoisotopic (exact) mass is 1590 g/mol. The van der Waals surface area contributed by atoms with Gasteiger partial charge in [0.25, 0.3) is 0 Å². The third-order valence-electron chi connectivity index (χ3n) is 12.0. The molecule has 0 radical (unpaired) electrons. The number of thiol groups is 1. The minimum absolute atomic E-state index is 0. The first-order valence-electron chi connectivity index (χ1n) is 39.5. The van der Waals surface area contributed by atoms with E-state index in [4.69, 9.17) is 15.9 Å². The van der Waals surface area contributed by atoms with E-state index in [2.05, 4.69) is 244 Å². The fourth-order valence-electron chi connectivity index (χ4n) is 5.37. The number of benzene rings is 3. The van der Waals surface area contributed by atoms with Gasteiger partial charge in [0.1, 0.15) is 23.1 Å². The highest BCUT2D eigenvalue weighted by atomic mass is 32.2. The van der Waals surface area contributed by atoms with Crippen LogP contribution in [0, 0.1) is 24.7 Å². The third-order valence-corrected chi connectivity index (χ3v) is 12.8. The van der Waals surface area contributed by atoms with Gasteiger partial charge in [0.15, 0.2) is 0 Å². The second kappa shape index (κ2) is 142. The summed E-state index contributed by atoms with van der Waals surface area (Å²) in [7, 11) is 0. The van der Waals surface area contributed by atoms with E-state index in [0.29, 0.717) is 18.7 Å². The topological polar surface area (TPSA) is 179 Å². The average molecular weight is 1590 g/mol. The number of nitrogens with zero attached hydrogens (tertiary/aromatic N) is 1. The number of hydrogen-bond donors (Lipinski definition) is 6. The average Bonchev–Trinajstić information content (AvgIpc) is 1.70. The van der Waals surface area contributed by atoms with Crippen molar-refractivity contribution < 1.29 is 29.4 Å². The number of aryl methyl sites for hydroxylation is 5. The van der Waals surface area contributed by atoms with Crippen LogP contribution in [-0.4, -0.2) is 86.2 Å². The lowest BCUT2D eigenvalue weighted by atomic mass is 10.1. The van der Waals surface area contributed by atoms with Gasteiger partial charge in [0, 0.05) is 73.9 Å². The Labute approximate surface area is 698 Å². The molecule has 660 valence electrons. The molecule has 0 fully saturated rings. The van der Waals surface area contributed by atoms with Gasteiger partial charge in [0.2, 0.25) is 0 Å². The number of aromatic nitrogens is 2. The first-order chi connectivity index (χ1) is 48.1. The first-order valence-corrected chi connectivity index (χ1v) is 41.5. The third kappa shape index (κ3) is 203. The summed E-state index contributed by atoms with van der Waals surface area (Å²) in [6, 6.07) is 31.6. The summed E-state index contributed by atoms with van der Waals surface area (Å²) in [5.74, 6) is 6.63. The van der Waals surface area contributed by atoms with Crippen LogP contribution in [0.15, 0.2) is 108 Å². The Balaban J connectivity index is -0.0000000431. The van der Waals surface area contributed by atoms with Crippen LogP contribution in [0.2, 0.25) is 0 Å². The van der Waals surface area contributed by atoms with Crippen molar-refractivity contribution in [3.8, 4) is 0 Å². The van der Waals surface area contributed by atoms with E-state index in [-0.39, 0.29) is 87.8 Å². The van der Waals surface area contributed by atoms with Gasteiger partial charge in [-0.3, -0.25) is 4.99 Å². The number of carbonyl (C=O) groups is 4. The molecule has 2 heterocycles. The van der Waals surface area contributed by atoms with Crippen LogP contribution in [0.3, 0.4) is 0 Å². The highest BCUT2D eigenvalue weighted by molar-refractivity contribution is 7.98. The fraction of sp³-hybridized carbons (Fsp3) is 0.701. The molecular weight excluding hydrogens is 1380 g/mol. The molecule has 0 atom stereocenters. The summed E-state index contributed by atoms with van der Waals surface area (Å²) in [4.78, 5) is 50.0. The number of ketones is 4. The summed E-state index contributed by atoms with van der Waals surface area (Å²) < 4.78 is 0. The Hall–Kier alpha value is -4.75. The maximum Gasteiger partial charge on any atom is 0.129 e. The Bertz CT molecular complexity index is 2220. The number of para-hydroxylation sites is 1. The number of aliphatic hydroxyl groups is 2. The molecular formula is C97H204N4O6S2. The highest BCUT2D eigenvalue weighted by Crippen LogP contribution is 2.17. The molecule has 0 unspecified atom stereocenters. The van der Waals surface area contributed by atoms with Crippen molar-refractivity contribution in [1.82, 2.24) is 9.97 Å². The van der Waals surface area contributed by atoms with Crippen LogP contribution in [0.1, 0.15) is 398 Å². The number of nitrogens with one attached hydrogen (secondary N) is 2. The molecule has 10 nitrogen and oxygen atoms in total. The van der Waals surface area contributed by atoms with Gasteiger partial charge in [-0.2, -0.15) is 24.4 Å². The van der Waals surface area contributed by atoms with Gasteiger partial charge in [-0.05, 0) is 184 Å². The zero-order chi connectivity index (χ0) is 82.4. The molecule has 0 saturated carbocycles. The molecule has 6 N–H and O–H groups in total. The van der Waals surface area contributed by atoms with Crippen LogP contribution in [-0.2, 0) is 44.9 Å². The number of hydrogen-bond acceptors (Lipinski definition) is 9. The molecule has 2 aromatic heterocycles. The molecule has 0 aliphatic carbocycles. The lowest BCUT2D eigenvalue weighted by Crippen LogP contribution is -2.05. The van der Waals surface area contributed by atoms with Gasteiger partial charge in [-0.15, -0.1) is 0 Å². The largest absolute Gasteiger partial charge is 0.397 e. The maximum absolute atomic E-state index is 10.0. The predicted molar refractivity (Wildman–Crippen MR) is 522 cm³/mol. The number of amidine groups is 1. The Morgan fingerprint density at radius 3 is 1.02 bits per heavy atom. The zero-order valence-electron chi connectivity index (χ0n) is 73.8. The molecule has 3 aromatic carbocycles. The predicted octanol–water partition coefficient (Wildman–Crippen LogP) is 31.9. The van der Waals surface area contributed by atoms with E-state index in [1.165, 1.54) is 96.0 Å². The van der Waals surface area contributed by atoms with E-state index in [1.54, 1.807) is 48.5 Å². The molecule has 109 heavy (non-hydrogen) atoms. The normalized spacial score (nSPS) is 8.43. The number of thioether (sulfide) groups is 1. The van der Waals surface area contributed by atoms with Crippen LogP contribution < -0.4 is 5.73 Å². The Morgan fingerprint density at radius 1 is 0.486 bits per heavy atom. The number of rotatable bonds is 20. The number of fused-ring (bicyclic) bond motifs is 1. The molecule has 5 aromatic rings. The van der Waals surface area contributed by atoms with Crippen LogP contribution in [0.5, 0.6) is 0 Å². The molecule has 0 aliphatic rings. The number of aliphatic imine (C=N–C) groups is 1. The van der Waals surface area contributed by atoms with Crippen molar-refractivity contribution in [2.75, 3.05) is 30.9 Å². The van der Waals surface area contributed by atoms with Crippen LogP contribution >= 0.6 is 24.4 Å². The minimum Gasteiger partial charge on any atom is -0.397 e. The van der Waals surface area contributed by atoms with Crippen molar-refractivity contribution in [3.63, 3.8) is 0 Å². The summed E-state index contributed by atoms with van der Waals surface area (Å²) in [6.07, 6.45) is 27.0. The van der Waals surface area contributed by atoms with E-state index in [9.17, 15) is 19.2 Å². The standard InChI is InChI=1S/C10H11N.C9H12.C8H10.C6H14N2.C6H9N.C6H14.2C5H10O.2C5H12.2C4H8O.C4H10S.C4H10.C3H8O.C2H6O.C2H6S.C2H6.7CH4/c1-2-8-7-11-10-6-4-3-5-9(8)10;1-3-9-6-4-8(2)5-7-9;1-2-8-6-4-3-5-7-8;1-3-4-5-8-6(2)7;1-2-6-4-3-5-7-6;1-3-5-6-4-2;2*1-3-4-5(2)6;2*1-4-5(2)3;2*1-3-4(2)5;1-3-4-5-2;1-4(2)3;1-3(2)4;2*1-2-3;1-2;;;;;;;/h3-7,11H,2H2,1H3;4-7H,3H2,1-2H3;3-7H,2H2,1H3;3-5H2,1-2H3,(H2,7,8);3-5,7H,2H2,1H3;3-6H2,1-2H3;2*3-4H2,1-2H3;2*5H,4H2,1-3H3;2*3H2,1-2H3;3-4H2,1-2H3;4H,1-3H3;3-4H,1-2H3;2*3H,2H2,1H3;1-2H3;7*1H4. The molecule has 0 bridgehead atoms. The Morgan fingerprint density at radius 2 is 0.817 bits per heavy atom. The second-order valence-electron chi connectivity index (χ2n) is 25.1. The van der Waals surface area contributed by atoms with Crippen molar-refractivity contribution in [2.24, 2.45) is 28.5 Å². The zero-order valence-corrected chi connectivity index (χ0v) is 75.5. The number of aliphatic hydroxyl groups excluding tert-OH is 2. The smallest absolute Gasteiger partial charge is 0.129 e. The van der Waals surface area contributed by atoms with Crippen LogP contribution in [0.4, 0.5) is 0 Å². The molecule has 5 rings (SSSR count). The number of nitrogens with two attached hydrogens (primary N) is 1. The molecule has 0 spiro atoms. The van der Waals surface area contributed by atoms with Crippen molar-refractivity contribution in [2.45, 2.75) is 409 Å². The van der Waals surface area contributed by atoms with E-state index >= 15 is 0 Å². The van der Waals surface area contributed by atoms with Gasteiger partial charge in [-0.25, -0.2) is 0 Å². The molecule has 0 saturated heterocycles. The number of unbranched alkanes of at least 4 members (excludes halogenated alkanes) is 4. The highest BCUT2D eigenvalue weighted by Gasteiger charge is 1.98. The summed E-state index contributed by atoms with van der Waals surface area (Å²) in [6.45, 7) is 67.5. The van der Waals surface area contributed by atoms with Gasteiger partial charge < -0.3 is 45.1 Å². The molecule has 0 aliphatic heterocycles. The Kier molecular flexibility index (Phi) is 204. The molecule has 0 amide bonds. The van der Waals surface area contributed by atoms with Crippen molar-refractivity contribution in [3.05, 3.63) is 131 Å². The number of H-pyrrole nitrogens is 2. The van der Waals surface area contributed by atoms with E-state index in [1.807, 2.05) is 85.5 Å². The SMILES string of the molecule is C.C.C.C.C.C.C.CC.CC(C)C.CC(C)O.CCC(C)=O.CCC(C)=O.CCC(C)C.CCC(C)C.CCCC(C)=O.CCCC(C)=O.CCCCCC.CCCCN=C(C)N.CCCSC.CCO.CCS.CCc1c[nH]c2ccccc12.CCc1ccc(C)cc1.CCc1ccc[nH]1.CCc1ccccc1. The summed E-state index contributed by atoms with van der Waals surface area (Å²) >= 11 is 5.69. The molecule has 12 heteroatoms. The number of carbonyl (C=O) groups excluding carboxylic acids is 4. The van der Waals surface area contributed by atoms with Gasteiger partial charge >= 0.3 is 0 Å². The van der Waals surface area contributed by atoms with Gasteiger partial charge in [-0.1, -0.05) is 341 Å². The summed E-state index contributed by atoms with van der Waals surface area (Å²) in [5, 5.41) is 17.0. The lowest BCUT2D eigenvalue weighted by Gasteiger charge is -1.94. The maximum atomic E-state index is 10.0. The first kappa shape index (κ1) is 157. The van der Waals surface area contributed by atoms with Gasteiger partial charge in [0.05, 0.1) is 5.84 Å². The minimum atomic E-state index is -0.167. The van der Waals surface area contributed by atoms with E-state index < -0.39 is 0 Å². The fourth-order valence-corrected chi connectivity index (χ4v) is 5.78. The number of Topliss-reactive ketones (excluding diaryl/α,β-unsaturated/α-hetero) is 4.